The third-order valence-corrected chi connectivity index (χ3v) is 2.23. The maximum Gasteiger partial charge on any atom is 0.347 e. The number of nitrogens with one attached hydrogen (secondary N) is 2. The Balaban J connectivity index is 2.42. The van der Waals surface area contributed by atoms with Gasteiger partial charge >= 0.3 is 5.69 Å². The first-order chi connectivity index (χ1) is 8.20. The van der Waals surface area contributed by atoms with Crippen LogP contribution in [0.2, 0.25) is 0 Å². The molecule has 0 atom stereocenters. The molecule has 0 aliphatic carbocycles. The fourth-order valence-electron chi connectivity index (χ4n) is 1.36. The molecule has 0 aliphatic rings. The van der Waals surface area contributed by atoms with E-state index < -0.39 is 5.69 Å². The fourth-order valence-corrected chi connectivity index (χ4v) is 1.36. The lowest BCUT2D eigenvalue weighted by molar-refractivity contribution is 0.331. The number of aromatic amines is 2. The Hall–Kier alpha value is -2.21. The average Bonchev–Trinajstić information content (AvgIpc) is 2.76. The Labute approximate surface area is 96.7 Å². The molecule has 0 unspecified atom stereocenters. The van der Waals surface area contributed by atoms with E-state index in [9.17, 15) is 4.79 Å². The quantitative estimate of drug-likeness (QED) is 0.675. The Bertz CT molecular complexity index is 636. The molecule has 0 bridgehead atoms. The standard InChI is InChI=1S/C11H12N4O2/c1-7(5-16)3-2-4-8-9-10(13-6-12-9)15-11(17)14-8/h2-4,6,16H,5H2,1H3,(H2,12,13,14,15,17)/b4-2+,7-3+. The van der Waals surface area contributed by atoms with Crippen LogP contribution in [0.4, 0.5) is 0 Å². The molecular weight excluding hydrogens is 220 g/mol. The van der Waals surface area contributed by atoms with Crippen molar-refractivity contribution in [1.29, 1.82) is 0 Å². The van der Waals surface area contributed by atoms with E-state index >= 15 is 0 Å². The summed E-state index contributed by atoms with van der Waals surface area (Å²) in [5.41, 5.74) is 2.07. The highest BCUT2D eigenvalue weighted by Crippen LogP contribution is 2.09. The minimum Gasteiger partial charge on any atom is -0.392 e. The highest BCUT2D eigenvalue weighted by molar-refractivity contribution is 5.79. The number of allylic oxidation sites excluding steroid dienone is 2. The molecule has 6 nitrogen and oxygen atoms in total. The zero-order valence-electron chi connectivity index (χ0n) is 9.27. The summed E-state index contributed by atoms with van der Waals surface area (Å²) in [6.07, 6.45) is 6.72. The number of rotatable bonds is 3. The molecule has 0 aliphatic heterocycles. The summed E-state index contributed by atoms with van der Waals surface area (Å²) >= 11 is 0. The number of hydrogen-bond acceptors (Lipinski definition) is 4. The number of H-pyrrole nitrogens is 2. The molecule has 0 saturated heterocycles. The molecule has 2 heterocycles. The lowest BCUT2D eigenvalue weighted by Gasteiger charge is -1.94. The molecule has 6 heteroatoms. The third kappa shape index (κ3) is 2.48. The van der Waals surface area contributed by atoms with Crippen molar-refractivity contribution >= 4 is 17.2 Å². The van der Waals surface area contributed by atoms with Crippen LogP contribution in [0, 0.1) is 0 Å². The number of hydrogen-bond donors (Lipinski definition) is 3. The van der Waals surface area contributed by atoms with Crippen LogP contribution in [-0.2, 0) is 0 Å². The maximum absolute atomic E-state index is 11.2. The van der Waals surface area contributed by atoms with Gasteiger partial charge in [-0.05, 0) is 18.6 Å². The van der Waals surface area contributed by atoms with E-state index in [1.807, 2.05) is 6.92 Å². The number of aliphatic hydroxyl groups excluding tert-OH is 1. The summed E-state index contributed by atoms with van der Waals surface area (Å²) in [4.78, 5) is 24.4. The summed E-state index contributed by atoms with van der Waals surface area (Å²) in [5.74, 6) is 0. The lowest BCUT2D eigenvalue weighted by atomic mass is 10.2. The molecule has 3 N–H and O–H groups in total. The summed E-state index contributed by atoms with van der Waals surface area (Å²) in [7, 11) is 0. The maximum atomic E-state index is 11.2. The van der Waals surface area contributed by atoms with Crippen molar-refractivity contribution in [3.8, 4) is 0 Å². The number of aromatic nitrogens is 4. The first-order valence-electron chi connectivity index (χ1n) is 5.09. The SMILES string of the molecule is C/C(=C\C=C\c1[nH]c(=O)nc2nc[nH]c12)CO. The van der Waals surface area contributed by atoms with Gasteiger partial charge in [-0.15, -0.1) is 0 Å². The van der Waals surface area contributed by atoms with Crippen LogP contribution in [0.3, 0.4) is 0 Å². The third-order valence-electron chi connectivity index (χ3n) is 2.23. The number of aliphatic hydroxyl groups is 1. The second-order valence-corrected chi connectivity index (χ2v) is 3.59. The van der Waals surface area contributed by atoms with Gasteiger partial charge in [-0.2, -0.15) is 4.98 Å². The van der Waals surface area contributed by atoms with Crippen LogP contribution in [0.25, 0.3) is 17.2 Å². The lowest BCUT2D eigenvalue weighted by Crippen LogP contribution is -2.11. The van der Waals surface area contributed by atoms with Crippen LogP contribution < -0.4 is 5.69 Å². The molecule has 0 saturated carbocycles. The molecule has 0 fully saturated rings. The molecule has 0 aromatic carbocycles. The highest BCUT2D eigenvalue weighted by Gasteiger charge is 2.03. The number of fused-ring (bicyclic) bond motifs is 1. The zero-order chi connectivity index (χ0) is 12.3. The van der Waals surface area contributed by atoms with Gasteiger partial charge in [0.1, 0.15) is 5.52 Å². The van der Waals surface area contributed by atoms with Crippen molar-refractivity contribution in [1.82, 2.24) is 19.9 Å². The molecule has 17 heavy (non-hydrogen) atoms. The van der Waals surface area contributed by atoms with Crippen LogP contribution in [0.15, 0.2) is 28.8 Å². The van der Waals surface area contributed by atoms with Gasteiger partial charge in [0.05, 0.1) is 18.6 Å². The Kier molecular flexibility index (Phi) is 3.15. The van der Waals surface area contributed by atoms with Gasteiger partial charge in [0.15, 0.2) is 5.65 Å². The minimum absolute atomic E-state index is 0.0106. The van der Waals surface area contributed by atoms with Crippen molar-refractivity contribution in [2.75, 3.05) is 6.61 Å². The minimum atomic E-state index is -0.438. The van der Waals surface area contributed by atoms with Crippen LogP contribution in [0.5, 0.6) is 0 Å². The van der Waals surface area contributed by atoms with E-state index in [2.05, 4.69) is 19.9 Å². The van der Waals surface area contributed by atoms with Gasteiger partial charge in [0.25, 0.3) is 0 Å². The highest BCUT2D eigenvalue weighted by atomic mass is 16.3. The summed E-state index contributed by atoms with van der Waals surface area (Å²) < 4.78 is 0. The van der Waals surface area contributed by atoms with Crippen molar-refractivity contribution in [2.24, 2.45) is 0 Å². The molecule has 2 aromatic heterocycles. The van der Waals surface area contributed by atoms with Gasteiger partial charge < -0.3 is 15.1 Å². The molecule has 2 rings (SSSR count). The van der Waals surface area contributed by atoms with Crippen molar-refractivity contribution < 1.29 is 5.11 Å². The second kappa shape index (κ2) is 4.75. The fraction of sp³-hybridized carbons (Fsp3) is 0.182. The summed E-state index contributed by atoms with van der Waals surface area (Å²) in [6.45, 7) is 1.82. The smallest absolute Gasteiger partial charge is 0.347 e. The van der Waals surface area contributed by atoms with E-state index in [1.165, 1.54) is 6.33 Å². The Morgan fingerprint density at radius 2 is 2.41 bits per heavy atom. The predicted molar refractivity (Wildman–Crippen MR) is 64.4 cm³/mol. The van der Waals surface area contributed by atoms with Gasteiger partial charge in [-0.1, -0.05) is 12.2 Å². The molecular formula is C11H12N4O2. The summed E-state index contributed by atoms with van der Waals surface area (Å²) in [5, 5.41) is 8.83. The van der Waals surface area contributed by atoms with Crippen molar-refractivity contribution in [2.45, 2.75) is 6.92 Å². The van der Waals surface area contributed by atoms with Gasteiger partial charge in [-0.3, -0.25) is 0 Å². The topological polar surface area (TPSA) is 94.7 Å². The normalized spacial score (nSPS) is 12.7. The number of imidazole rings is 1. The van der Waals surface area contributed by atoms with E-state index in [0.29, 0.717) is 16.9 Å². The van der Waals surface area contributed by atoms with Gasteiger partial charge in [-0.25, -0.2) is 9.78 Å². The van der Waals surface area contributed by atoms with E-state index in [-0.39, 0.29) is 6.61 Å². The zero-order valence-corrected chi connectivity index (χ0v) is 9.27. The number of nitrogens with zero attached hydrogens (tertiary/aromatic N) is 2. The molecule has 0 amide bonds. The van der Waals surface area contributed by atoms with Crippen LogP contribution in [0.1, 0.15) is 12.6 Å². The first-order valence-corrected chi connectivity index (χ1v) is 5.09. The molecule has 0 radical (unpaired) electrons. The Morgan fingerprint density at radius 1 is 1.59 bits per heavy atom. The molecule has 0 spiro atoms. The molecule has 2 aromatic rings. The predicted octanol–water partition coefficient (Wildman–Crippen LogP) is 0.598. The first kappa shape index (κ1) is 11.3. The largest absolute Gasteiger partial charge is 0.392 e. The van der Waals surface area contributed by atoms with E-state index in [1.54, 1.807) is 18.2 Å². The van der Waals surface area contributed by atoms with Crippen LogP contribution >= 0.6 is 0 Å². The van der Waals surface area contributed by atoms with Crippen molar-refractivity contribution in [3.63, 3.8) is 0 Å². The van der Waals surface area contributed by atoms with E-state index in [0.717, 1.165) is 5.57 Å². The average molecular weight is 232 g/mol. The van der Waals surface area contributed by atoms with Crippen molar-refractivity contribution in [3.05, 3.63) is 40.2 Å². The van der Waals surface area contributed by atoms with Gasteiger partial charge in [0, 0.05) is 0 Å². The summed E-state index contributed by atoms with van der Waals surface area (Å²) in [6, 6.07) is 0. The Morgan fingerprint density at radius 3 is 3.18 bits per heavy atom. The monoisotopic (exact) mass is 232 g/mol. The van der Waals surface area contributed by atoms with Gasteiger partial charge in [0.2, 0.25) is 0 Å². The van der Waals surface area contributed by atoms with Crippen LogP contribution in [-0.4, -0.2) is 31.6 Å². The van der Waals surface area contributed by atoms with E-state index in [4.69, 9.17) is 5.11 Å². The molecule has 88 valence electrons. The second-order valence-electron chi connectivity index (χ2n) is 3.59.